The van der Waals surface area contributed by atoms with Crippen LogP contribution in [0.3, 0.4) is 0 Å². The van der Waals surface area contributed by atoms with Crippen LogP contribution in [0.4, 0.5) is 0 Å². The molecular weight excluding hydrogens is 206 g/mol. The average Bonchev–Trinajstić information content (AvgIpc) is 2.35. The molecule has 0 heterocycles. The second kappa shape index (κ2) is 13.8. The maximum Gasteiger partial charge on any atom is 0.0132 e. The van der Waals surface area contributed by atoms with Gasteiger partial charge in [0.2, 0.25) is 0 Å². The molecule has 0 rings (SSSR count). The fourth-order valence-electron chi connectivity index (χ4n) is 2.03. The first-order valence-electron chi connectivity index (χ1n) is 7.62. The molecule has 1 N–H and O–H groups in total. The van der Waals surface area contributed by atoms with Crippen LogP contribution in [-0.2, 0) is 0 Å². The van der Waals surface area contributed by atoms with Crippen molar-refractivity contribution in [3.05, 3.63) is 12.7 Å². The summed E-state index contributed by atoms with van der Waals surface area (Å²) in [5.41, 5.74) is 0. The van der Waals surface area contributed by atoms with Crippen LogP contribution in [0.2, 0.25) is 0 Å². The Labute approximate surface area is 109 Å². The van der Waals surface area contributed by atoms with Crippen LogP contribution < -0.4 is 5.32 Å². The van der Waals surface area contributed by atoms with Gasteiger partial charge in [-0.15, -0.1) is 6.58 Å². The lowest BCUT2D eigenvalue weighted by Gasteiger charge is -2.07. The molecule has 0 aromatic rings. The van der Waals surface area contributed by atoms with Gasteiger partial charge in [-0.3, -0.25) is 0 Å². The molecule has 0 spiro atoms. The minimum atomic E-state index is 0.936. The Morgan fingerprint density at radius 3 is 2.18 bits per heavy atom. The van der Waals surface area contributed by atoms with Crippen molar-refractivity contribution in [3.63, 3.8) is 0 Å². The summed E-state index contributed by atoms with van der Waals surface area (Å²) in [5, 5.41) is 3.35. The first kappa shape index (κ1) is 16.7. The molecule has 0 bridgehead atoms. The zero-order valence-electron chi connectivity index (χ0n) is 12.1. The SMILES string of the molecule is C=CCNCCCCCCCCCC(C)CC. The summed E-state index contributed by atoms with van der Waals surface area (Å²) in [4.78, 5) is 0. The minimum Gasteiger partial charge on any atom is -0.313 e. The molecule has 0 saturated carbocycles. The molecule has 0 aromatic carbocycles. The van der Waals surface area contributed by atoms with Crippen LogP contribution in [0, 0.1) is 5.92 Å². The van der Waals surface area contributed by atoms with Crippen LogP contribution >= 0.6 is 0 Å². The second-order valence-electron chi connectivity index (χ2n) is 5.27. The van der Waals surface area contributed by atoms with Gasteiger partial charge in [0.1, 0.15) is 0 Å². The summed E-state index contributed by atoms with van der Waals surface area (Å²) in [6.07, 6.45) is 14.6. The van der Waals surface area contributed by atoms with Gasteiger partial charge in [0.15, 0.2) is 0 Å². The molecule has 0 saturated heterocycles. The van der Waals surface area contributed by atoms with E-state index in [-0.39, 0.29) is 0 Å². The van der Waals surface area contributed by atoms with Crippen molar-refractivity contribution in [2.75, 3.05) is 13.1 Å². The Morgan fingerprint density at radius 2 is 1.59 bits per heavy atom. The van der Waals surface area contributed by atoms with E-state index >= 15 is 0 Å². The fraction of sp³-hybridized carbons (Fsp3) is 0.875. The fourth-order valence-corrected chi connectivity index (χ4v) is 2.03. The van der Waals surface area contributed by atoms with Crippen LogP contribution in [0.5, 0.6) is 0 Å². The van der Waals surface area contributed by atoms with Gasteiger partial charge in [-0.2, -0.15) is 0 Å². The standard InChI is InChI=1S/C16H33N/c1-4-14-17-15-12-10-8-6-7-9-11-13-16(3)5-2/h4,16-17H,1,5-15H2,2-3H3. The van der Waals surface area contributed by atoms with Crippen molar-refractivity contribution >= 4 is 0 Å². The predicted molar refractivity (Wildman–Crippen MR) is 79.5 cm³/mol. The minimum absolute atomic E-state index is 0.936. The molecule has 0 aliphatic carbocycles. The van der Waals surface area contributed by atoms with E-state index in [0.29, 0.717) is 0 Å². The molecule has 0 fully saturated rings. The Morgan fingerprint density at radius 1 is 1.00 bits per heavy atom. The van der Waals surface area contributed by atoms with E-state index in [2.05, 4.69) is 25.7 Å². The maximum atomic E-state index is 3.69. The molecule has 0 aliphatic rings. The molecule has 0 radical (unpaired) electrons. The van der Waals surface area contributed by atoms with Crippen LogP contribution in [0.25, 0.3) is 0 Å². The number of rotatable bonds is 13. The monoisotopic (exact) mass is 239 g/mol. The summed E-state index contributed by atoms with van der Waals surface area (Å²) >= 11 is 0. The first-order valence-corrected chi connectivity index (χ1v) is 7.62. The third-order valence-electron chi connectivity index (χ3n) is 3.54. The highest BCUT2D eigenvalue weighted by Crippen LogP contribution is 2.14. The van der Waals surface area contributed by atoms with Gasteiger partial charge >= 0.3 is 0 Å². The lowest BCUT2D eigenvalue weighted by atomic mass is 10.00. The third-order valence-corrected chi connectivity index (χ3v) is 3.54. The molecule has 0 aromatic heterocycles. The normalized spacial score (nSPS) is 12.6. The highest BCUT2D eigenvalue weighted by atomic mass is 14.8. The van der Waals surface area contributed by atoms with E-state index in [0.717, 1.165) is 19.0 Å². The Bertz CT molecular complexity index is 154. The molecule has 0 amide bonds. The smallest absolute Gasteiger partial charge is 0.0132 e. The van der Waals surface area contributed by atoms with Gasteiger partial charge in [-0.1, -0.05) is 71.3 Å². The maximum absolute atomic E-state index is 3.69. The first-order chi connectivity index (χ1) is 8.31. The van der Waals surface area contributed by atoms with Gasteiger partial charge in [0.05, 0.1) is 0 Å². The Hall–Kier alpha value is -0.300. The third kappa shape index (κ3) is 13.6. The van der Waals surface area contributed by atoms with E-state index < -0.39 is 0 Å². The quantitative estimate of drug-likeness (QED) is 0.355. The molecule has 1 atom stereocenters. The van der Waals surface area contributed by atoms with E-state index in [9.17, 15) is 0 Å². The molecule has 1 heteroatoms. The van der Waals surface area contributed by atoms with Gasteiger partial charge in [-0.25, -0.2) is 0 Å². The van der Waals surface area contributed by atoms with Crippen LogP contribution in [-0.4, -0.2) is 13.1 Å². The molecule has 1 nitrogen and oxygen atoms in total. The predicted octanol–water partition coefficient (Wildman–Crippen LogP) is 4.93. The zero-order valence-corrected chi connectivity index (χ0v) is 12.1. The highest BCUT2D eigenvalue weighted by molar-refractivity contribution is 4.69. The summed E-state index contributed by atoms with van der Waals surface area (Å²) in [6, 6.07) is 0. The summed E-state index contributed by atoms with van der Waals surface area (Å²) in [6.45, 7) is 10.5. The van der Waals surface area contributed by atoms with Crippen molar-refractivity contribution in [1.29, 1.82) is 0 Å². The van der Waals surface area contributed by atoms with E-state index in [1.807, 2.05) is 6.08 Å². The molecule has 102 valence electrons. The second-order valence-corrected chi connectivity index (χ2v) is 5.27. The molecule has 17 heavy (non-hydrogen) atoms. The van der Waals surface area contributed by atoms with Crippen molar-refractivity contribution in [1.82, 2.24) is 5.32 Å². The Kier molecular flexibility index (Phi) is 13.5. The average molecular weight is 239 g/mol. The largest absolute Gasteiger partial charge is 0.313 e. The summed E-state index contributed by atoms with van der Waals surface area (Å²) in [7, 11) is 0. The lowest BCUT2D eigenvalue weighted by molar-refractivity contribution is 0.469. The summed E-state index contributed by atoms with van der Waals surface area (Å²) < 4.78 is 0. The van der Waals surface area contributed by atoms with Gasteiger partial charge < -0.3 is 5.32 Å². The van der Waals surface area contributed by atoms with Crippen LogP contribution in [0.15, 0.2) is 12.7 Å². The van der Waals surface area contributed by atoms with Crippen LogP contribution in [0.1, 0.15) is 71.6 Å². The molecule has 1 unspecified atom stereocenters. The number of hydrogen-bond acceptors (Lipinski definition) is 1. The number of nitrogens with one attached hydrogen (secondary N) is 1. The number of hydrogen-bond donors (Lipinski definition) is 1. The highest BCUT2D eigenvalue weighted by Gasteiger charge is 1.98. The van der Waals surface area contributed by atoms with Crippen molar-refractivity contribution in [2.24, 2.45) is 5.92 Å². The van der Waals surface area contributed by atoms with Crippen molar-refractivity contribution in [3.8, 4) is 0 Å². The van der Waals surface area contributed by atoms with Crippen molar-refractivity contribution < 1.29 is 0 Å². The zero-order chi connectivity index (χ0) is 12.8. The van der Waals surface area contributed by atoms with E-state index in [1.165, 1.54) is 57.8 Å². The van der Waals surface area contributed by atoms with Gasteiger partial charge in [0.25, 0.3) is 0 Å². The van der Waals surface area contributed by atoms with Gasteiger partial charge in [-0.05, 0) is 18.9 Å². The van der Waals surface area contributed by atoms with Crippen molar-refractivity contribution in [2.45, 2.75) is 71.6 Å². The van der Waals surface area contributed by atoms with E-state index in [1.54, 1.807) is 0 Å². The number of unbranched alkanes of at least 4 members (excludes halogenated alkanes) is 6. The van der Waals surface area contributed by atoms with E-state index in [4.69, 9.17) is 0 Å². The molecule has 0 aliphatic heterocycles. The Balaban J connectivity index is 2.96. The summed E-state index contributed by atoms with van der Waals surface area (Å²) in [5.74, 6) is 0.936. The van der Waals surface area contributed by atoms with Gasteiger partial charge in [0, 0.05) is 6.54 Å². The molecular formula is C16H33N. The lowest BCUT2D eigenvalue weighted by Crippen LogP contribution is -2.14. The topological polar surface area (TPSA) is 12.0 Å².